The van der Waals surface area contributed by atoms with Crippen molar-refractivity contribution in [3.63, 3.8) is 0 Å². The standard InChI is InChI=1S/C10H9FN2O2/c1-2-3-6-12-9-5-4-8(11)7-10(9)13(14)15/h4-5,7,12H,6H2,1H3. The first-order valence-electron chi connectivity index (χ1n) is 4.22. The number of nitro benzene ring substituents is 1. The maximum absolute atomic E-state index is 12.7. The summed E-state index contributed by atoms with van der Waals surface area (Å²) < 4.78 is 12.7. The van der Waals surface area contributed by atoms with E-state index >= 15 is 0 Å². The van der Waals surface area contributed by atoms with Crippen molar-refractivity contribution in [3.05, 3.63) is 34.1 Å². The van der Waals surface area contributed by atoms with Gasteiger partial charge in [0, 0.05) is 0 Å². The average molecular weight is 208 g/mol. The van der Waals surface area contributed by atoms with Gasteiger partial charge in [0.05, 0.1) is 17.5 Å². The zero-order chi connectivity index (χ0) is 11.3. The lowest BCUT2D eigenvalue weighted by molar-refractivity contribution is -0.384. The third-order valence-electron chi connectivity index (χ3n) is 1.70. The summed E-state index contributed by atoms with van der Waals surface area (Å²) in [6, 6.07) is 3.36. The second-order valence-corrected chi connectivity index (χ2v) is 2.70. The Morgan fingerprint density at radius 3 is 2.93 bits per heavy atom. The van der Waals surface area contributed by atoms with Crippen LogP contribution < -0.4 is 5.32 Å². The van der Waals surface area contributed by atoms with Crippen molar-refractivity contribution in [3.8, 4) is 11.8 Å². The van der Waals surface area contributed by atoms with Crippen molar-refractivity contribution in [2.45, 2.75) is 6.92 Å². The molecule has 0 unspecified atom stereocenters. The SMILES string of the molecule is CC#CCNc1ccc(F)cc1[N+](=O)[O-]. The molecule has 78 valence electrons. The molecule has 0 atom stereocenters. The molecule has 0 amide bonds. The second kappa shape index (κ2) is 4.96. The summed E-state index contributed by atoms with van der Waals surface area (Å²) >= 11 is 0. The normalized spacial score (nSPS) is 8.93. The fraction of sp³-hybridized carbons (Fsp3) is 0.200. The molecule has 0 saturated carbocycles. The molecular weight excluding hydrogens is 199 g/mol. The minimum atomic E-state index is -0.634. The maximum Gasteiger partial charge on any atom is 0.295 e. The van der Waals surface area contributed by atoms with Crippen LogP contribution in [0.15, 0.2) is 18.2 Å². The van der Waals surface area contributed by atoms with Gasteiger partial charge in [0.1, 0.15) is 11.5 Å². The number of hydrogen-bond donors (Lipinski definition) is 1. The van der Waals surface area contributed by atoms with Crippen LogP contribution in [0.4, 0.5) is 15.8 Å². The van der Waals surface area contributed by atoms with Gasteiger partial charge in [-0.1, -0.05) is 5.92 Å². The molecule has 0 bridgehead atoms. The monoisotopic (exact) mass is 208 g/mol. The van der Waals surface area contributed by atoms with E-state index in [9.17, 15) is 14.5 Å². The molecule has 0 aliphatic rings. The first-order valence-corrected chi connectivity index (χ1v) is 4.22. The van der Waals surface area contributed by atoms with E-state index in [0.717, 1.165) is 12.1 Å². The predicted octanol–water partition coefficient (Wildman–Crippen LogP) is 2.17. The van der Waals surface area contributed by atoms with Crippen molar-refractivity contribution in [2.24, 2.45) is 0 Å². The van der Waals surface area contributed by atoms with Crippen molar-refractivity contribution in [1.82, 2.24) is 0 Å². The van der Waals surface area contributed by atoms with E-state index < -0.39 is 10.7 Å². The van der Waals surface area contributed by atoms with Gasteiger partial charge in [0.2, 0.25) is 0 Å². The second-order valence-electron chi connectivity index (χ2n) is 2.70. The van der Waals surface area contributed by atoms with Gasteiger partial charge in [-0.05, 0) is 19.1 Å². The topological polar surface area (TPSA) is 55.2 Å². The lowest BCUT2D eigenvalue weighted by Gasteiger charge is -2.03. The Balaban J connectivity index is 2.94. The Morgan fingerprint density at radius 2 is 2.33 bits per heavy atom. The molecule has 0 aromatic heterocycles. The highest BCUT2D eigenvalue weighted by molar-refractivity contribution is 5.61. The van der Waals surface area contributed by atoms with Gasteiger partial charge in [-0.25, -0.2) is 4.39 Å². The summed E-state index contributed by atoms with van der Waals surface area (Å²) in [5.41, 5.74) is -0.0166. The molecule has 0 heterocycles. The van der Waals surface area contributed by atoms with Gasteiger partial charge in [0.15, 0.2) is 0 Å². The average Bonchev–Trinajstić information content (AvgIpc) is 2.20. The number of nitrogens with zero attached hydrogens (tertiary/aromatic N) is 1. The smallest absolute Gasteiger partial charge is 0.295 e. The molecule has 0 spiro atoms. The quantitative estimate of drug-likeness (QED) is 0.470. The van der Waals surface area contributed by atoms with Crippen molar-refractivity contribution in [2.75, 3.05) is 11.9 Å². The van der Waals surface area contributed by atoms with E-state index in [0.29, 0.717) is 6.54 Å². The third kappa shape index (κ3) is 2.95. The number of hydrogen-bond acceptors (Lipinski definition) is 3. The van der Waals surface area contributed by atoms with E-state index in [2.05, 4.69) is 17.2 Å². The molecule has 1 rings (SSSR count). The van der Waals surface area contributed by atoms with Crippen LogP contribution in [0, 0.1) is 27.8 Å². The Bertz CT molecular complexity index is 435. The first-order chi connectivity index (χ1) is 7.15. The van der Waals surface area contributed by atoms with Gasteiger partial charge in [-0.2, -0.15) is 0 Å². The van der Waals surface area contributed by atoms with E-state index in [4.69, 9.17) is 0 Å². The van der Waals surface area contributed by atoms with Gasteiger partial charge >= 0.3 is 0 Å². The molecule has 15 heavy (non-hydrogen) atoms. The molecule has 0 saturated heterocycles. The van der Waals surface area contributed by atoms with Crippen molar-refractivity contribution >= 4 is 11.4 Å². The minimum Gasteiger partial charge on any atom is -0.369 e. The van der Waals surface area contributed by atoms with Crippen LogP contribution in [0.2, 0.25) is 0 Å². The van der Waals surface area contributed by atoms with E-state index in [-0.39, 0.29) is 11.4 Å². The minimum absolute atomic E-state index is 0.268. The molecule has 1 aromatic rings. The fourth-order valence-corrected chi connectivity index (χ4v) is 1.03. The zero-order valence-electron chi connectivity index (χ0n) is 8.08. The molecule has 0 aliphatic carbocycles. The Kier molecular flexibility index (Phi) is 3.63. The van der Waals surface area contributed by atoms with Crippen LogP contribution in [0.1, 0.15) is 6.92 Å². The number of rotatable bonds is 3. The molecule has 1 N–H and O–H groups in total. The van der Waals surface area contributed by atoms with Gasteiger partial charge in [0.25, 0.3) is 5.69 Å². The predicted molar refractivity (Wildman–Crippen MR) is 55.0 cm³/mol. The highest BCUT2D eigenvalue weighted by Crippen LogP contribution is 2.24. The van der Waals surface area contributed by atoms with Gasteiger partial charge in [-0.3, -0.25) is 10.1 Å². The maximum atomic E-state index is 12.7. The highest BCUT2D eigenvalue weighted by Gasteiger charge is 2.13. The summed E-state index contributed by atoms with van der Waals surface area (Å²) in [4.78, 5) is 9.94. The summed E-state index contributed by atoms with van der Waals surface area (Å²) in [5.74, 6) is 4.71. The van der Waals surface area contributed by atoms with Crippen LogP contribution in [0.3, 0.4) is 0 Å². The van der Waals surface area contributed by atoms with Crippen LogP contribution >= 0.6 is 0 Å². The van der Waals surface area contributed by atoms with Crippen LogP contribution in [-0.4, -0.2) is 11.5 Å². The summed E-state index contributed by atoms with van der Waals surface area (Å²) in [5, 5.41) is 13.3. The van der Waals surface area contributed by atoms with Crippen molar-refractivity contribution in [1.29, 1.82) is 0 Å². The van der Waals surface area contributed by atoms with Gasteiger partial charge < -0.3 is 5.32 Å². The summed E-state index contributed by atoms with van der Waals surface area (Å²) in [6.45, 7) is 1.96. The number of nitro groups is 1. The Morgan fingerprint density at radius 1 is 1.60 bits per heavy atom. The lowest BCUT2D eigenvalue weighted by atomic mass is 10.2. The van der Waals surface area contributed by atoms with Gasteiger partial charge in [-0.15, -0.1) is 5.92 Å². The van der Waals surface area contributed by atoms with Crippen LogP contribution in [-0.2, 0) is 0 Å². The molecule has 5 heteroatoms. The molecule has 0 aliphatic heterocycles. The molecular formula is C10H9FN2O2. The number of anilines is 1. The Labute approximate surface area is 86.3 Å². The van der Waals surface area contributed by atoms with Crippen LogP contribution in [0.25, 0.3) is 0 Å². The van der Waals surface area contributed by atoms with Crippen molar-refractivity contribution < 1.29 is 9.31 Å². The molecule has 0 radical (unpaired) electrons. The number of nitrogens with one attached hydrogen (secondary N) is 1. The zero-order valence-corrected chi connectivity index (χ0v) is 8.08. The molecule has 4 nitrogen and oxygen atoms in total. The molecule has 0 fully saturated rings. The first kappa shape index (κ1) is 11.0. The Hall–Kier alpha value is -2.09. The number of halogens is 1. The highest BCUT2D eigenvalue weighted by atomic mass is 19.1. The van der Waals surface area contributed by atoms with E-state index in [1.54, 1.807) is 6.92 Å². The fourth-order valence-electron chi connectivity index (χ4n) is 1.03. The van der Waals surface area contributed by atoms with E-state index in [1.807, 2.05) is 0 Å². The van der Waals surface area contributed by atoms with E-state index in [1.165, 1.54) is 6.07 Å². The lowest BCUT2D eigenvalue weighted by Crippen LogP contribution is -2.02. The summed E-state index contributed by atoms with van der Waals surface area (Å²) in [6.07, 6.45) is 0. The summed E-state index contributed by atoms with van der Waals surface area (Å²) in [7, 11) is 0. The van der Waals surface area contributed by atoms with Crippen LogP contribution in [0.5, 0.6) is 0 Å². The third-order valence-corrected chi connectivity index (χ3v) is 1.70. The molecule has 1 aromatic carbocycles. The largest absolute Gasteiger partial charge is 0.369 e. The number of benzene rings is 1.